The van der Waals surface area contributed by atoms with Gasteiger partial charge in [0.1, 0.15) is 28.8 Å². The normalized spacial score (nSPS) is 26.4. The minimum absolute atomic E-state index is 0.0410. The van der Waals surface area contributed by atoms with Crippen LogP contribution < -0.4 is 20.1 Å². The summed E-state index contributed by atoms with van der Waals surface area (Å²) in [5, 5.41) is 25.9. The van der Waals surface area contributed by atoms with Gasteiger partial charge < -0.3 is 25.2 Å². The van der Waals surface area contributed by atoms with Crippen LogP contribution in [0, 0.1) is 12.3 Å². The van der Waals surface area contributed by atoms with Gasteiger partial charge >= 0.3 is 0 Å². The standard InChI is InChI=1S/C30H38N4O5/c1-16-8-10-22-19(12-16)24(25(36)30(6,7)39-22)32-26(37)17-9-11-21-18(13-17)20(14-29(4,5)38-21)34-23(35)15-28(2,3)33-27(34)31/h8-13,20,24-25,36H,14-15H2,1-7H3,(H2,31,33)(H,32,37)/t20-,24+,25-/m1/s1. The highest BCUT2D eigenvalue weighted by Gasteiger charge is 2.46. The van der Waals surface area contributed by atoms with Crippen molar-refractivity contribution in [2.45, 2.75) is 96.2 Å². The van der Waals surface area contributed by atoms with Crippen LogP contribution in [0.2, 0.25) is 0 Å². The van der Waals surface area contributed by atoms with E-state index in [4.69, 9.17) is 14.9 Å². The lowest BCUT2D eigenvalue weighted by Crippen LogP contribution is -2.61. The number of hydrogen-bond donors (Lipinski definition) is 4. The van der Waals surface area contributed by atoms with Gasteiger partial charge in [-0.1, -0.05) is 17.7 Å². The third-order valence-corrected chi connectivity index (χ3v) is 7.76. The number of rotatable bonds is 3. The Balaban J connectivity index is 1.49. The summed E-state index contributed by atoms with van der Waals surface area (Å²) in [5.41, 5.74) is 0.762. The molecule has 0 bridgehead atoms. The molecule has 3 aliphatic rings. The Morgan fingerprint density at radius 1 is 1.05 bits per heavy atom. The largest absolute Gasteiger partial charge is 0.487 e. The fourth-order valence-corrected chi connectivity index (χ4v) is 5.83. The fourth-order valence-electron chi connectivity index (χ4n) is 5.83. The number of fused-ring (bicyclic) bond motifs is 2. The number of hydrogen-bond acceptors (Lipinski definition) is 6. The van der Waals surface area contributed by atoms with Gasteiger partial charge in [0.25, 0.3) is 5.91 Å². The Bertz CT molecular complexity index is 1350. The van der Waals surface area contributed by atoms with Crippen LogP contribution in [0.15, 0.2) is 36.4 Å². The molecule has 39 heavy (non-hydrogen) atoms. The third kappa shape index (κ3) is 4.95. The number of nitrogens with one attached hydrogen (secondary N) is 3. The number of aryl methyl sites for hydroxylation is 1. The molecular weight excluding hydrogens is 496 g/mol. The SMILES string of the molecule is Cc1ccc2c(c1)[C@H](NC(=O)c1ccc3c(c1)[C@H](N1C(=N)NC(C)(C)CC1=O)CC(C)(C)O3)[C@@H](O)C(C)(C)O2. The zero-order valence-corrected chi connectivity index (χ0v) is 23.6. The van der Waals surface area contributed by atoms with E-state index in [1.807, 2.05) is 52.8 Å². The average molecular weight is 535 g/mol. The molecule has 2 aromatic carbocycles. The van der Waals surface area contributed by atoms with Crippen molar-refractivity contribution in [1.82, 2.24) is 15.5 Å². The summed E-state index contributed by atoms with van der Waals surface area (Å²) in [6.45, 7) is 13.2. The molecule has 3 atom stereocenters. The molecule has 2 aromatic rings. The van der Waals surface area contributed by atoms with E-state index in [0.29, 0.717) is 29.0 Å². The van der Waals surface area contributed by atoms with Crippen LogP contribution in [0.5, 0.6) is 11.5 Å². The number of benzene rings is 2. The quantitative estimate of drug-likeness (QED) is 0.469. The van der Waals surface area contributed by atoms with Crippen molar-refractivity contribution in [1.29, 1.82) is 5.41 Å². The molecule has 0 aromatic heterocycles. The molecule has 5 rings (SSSR count). The first-order valence-corrected chi connectivity index (χ1v) is 13.4. The van der Waals surface area contributed by atoms with E-state index in [1.54, 1.807) is 32.0 Å². The summed E-state index contributed by atoms with van der Waals surface area (Å²) < 4.78 is 12.3. The number of carbonyl (C=O) groups excluding carboxylic acids is 2. The predicted octanol–water partition coefficient (Wildman–Crippen LogP) is 4.14. The third-order valence-electron chi connectivity index (χ3n) is 7.76. The summed E-state index contributed by atoms with van der Waals surface area (Å²) in [4.78, 5) is 28.4. The van der Waals surface area contributed by atoms with Crippen molar-refractivity contribution in [2.24, 2.45) is 0 Å². The molecular formula is C30H38N4O5. The Morgan fingerprint density at radius 2 is 1.72 bits per heavy atom. The highest BCUT2D eigenvalue weighted by molar-refractivity contribution is 6.00. The van der Waals surface area contributed by atoms with E-state index in [2.05, 4.69) is 10.6 Å². The van der Waals surface area contributed by atoms with Crippen molar-refractivity contribution in [3.63, 3.8) is 0 Å². The lowest BCUT2D eigenvalue weighted by atomic mass is 9.85. The summed E-state index contributed by atoms with van der Waals surface area (Å²) in [6, 6.07) is 9.73. The van der Waals surface area contributed by atoms with E-state index in [1.165, 1.54) is 4.90 Å². The highest BCUT2D eigenvalue weighted by atomic mass is 16.5. The van der Waals surface area contributed by atoms with E-state index < -0.39 is 34.9 Å². The Labute approximate surface area is 229 Å². The number of nitrogens with zero attached hydrogens (tertiary/aromatic N) is 1. The van der Waals surface area contributed by atoms with Crippen LogP contribution in [0.1, 0.15) is 93.5 Å². The van der Waals surface area contributed by atoms with Crippen LogP contribution in [-0.2, 0) is 4.79 Å². The summed E-state index contributed by atoms with van der Waals surface area (Å²) in [5.74, 6) is 0.729. The highest BCUT2D eigenvalue weighted by Crippen LogP contribution is 2.45. The maximum atomic E-state index is 13.6. The molecule has 208 valence electrons. The topological polar surface area (TPSA) is 124 Å². The zero-order chi connectivity index (χ0) is 28.5. The van der Waals surface area contributed by atoms with Crippen LogP contribution >= 0.6 is 0 Å². The lowest BCUT2D eigenvalue weighted by molar-refractivity contribution is -0.133. The minimum atomic E-state index is -0.980. The monoisotopic (exact) mass is 534 g/mol. The summed E-state index contributed by atoms with van der Waals surface area (Å²) in [7, 11) is 0. The second kappa shape index (κ2) is 8.98. The molecule has 0 aliphatic carbocycles. The molecule has 4 N–H and O–H groups in total. The maximum Gasteiger partial charge on any atom is 0.251 e. The first-order chi connectivity index (χ1) is 18.1. The fraction of sp³-hybridized carbons (Fsp3) is 0.500. The number of amides is 2. The van der Waals surface area contributed by atoms with Crippen molar-refractivity contribution in [3.8, 4) is 11.5 Å². The van der Waals surface area contributed by atoms with Gasteiger partial charge in [-0.25, -0.2) is 0 Å². The molecule has 0 saturated carbocycles. The summed E-state index contributed by atoms with van der Waals surface area (Å²) >= 11 is 0. The predicted molar refractivity (Wildman–Crippen MR) is 147 cm³/mol. The Hall–Kier alpha value is -3.59. The second-order valence-corrected chi connectivity index (χ2v) is 12.8. The Morgan fingerprint density at radius 3 is 2.41 bits per heavy atom. The molecule has 9 nitrogen and oxygen atoms in total. The first-order valence-electron chi connectivity index (χ1n) is 13.4. The van der Waals surface area contributed by atoms with Crippen molar-refractivity contribution < 1.29 is 24.2 Å². The number of carbonyl (C=O) groups is 2. The van der Waals surface area contributed by atoms with Gasteiger partial charge in [-0.3, -0.25) is 19.9 Å². The van der Waals surface area contributed by atoms with Crippen molar-refractivity contribution >= 4 is 17.8 Å². The van der Waals surface area contributed by atoms with Gasteiger partial charge in [0.15, 0.2) is 5.96 Å². The van der Waals surface area contributed by atoms with Crippen LogP contribution in [0.25, 0.3) is 0 Å². The molecule has 3 heterocycles. The zero-order valence-electron chi connectivity index (χ0n) is 23.6. The van der Waals surface area contributed by atoms with E-state index >= 15 is 0 Å². The van der Waals surface area contributed by atoms with Gasteiger partial charge in [0.2, 0.25) is 5.91 Å². The van der Waals surface area contributed by atoms with Crippen molar-refractivity contribution in [2.75, 3.05) is 0 Å². The first kappa shape index (κ1) is 27.0. The van der Waals surface area contributed by atoms with E-state index in [0.717, 1.165) is 11.1 Å². The minimum Gasteiger partial charge on any atom is -0.487 e. The van der Waals surface area contributed by atoms with Gasteiger partial charge in [-0.15, -0.1) is 0 Å². The molecule has 0 spiro atoms. The van der Waals surface area contributed by atoms with Gasteiger partial charge in [0.05, 0.1) is 12.1 Å². The number of aliphatic hydroxyl groups is 1. The van der Waals surface area contributed by atoms with Crippen LogP contribution in [0.4, 0.5) is 0 Å². The van der Waals surface area contributed by atoms with E-state index in [9.17, 15) is 14.7 Å². The smallest absolute Gasteiger partial charge is 0.251 e. The van der Waals surface area contributed by atoms with Crippen LogP contribution in [0.3, 0.4) is 0 Å². The number of ether oxygens (including phenoxy) is 2. The molecule has 2 amide bonds. The molecule has 0 radical (unpaired) electrons. The molecule has 0 unspecified atom stereocenters. The van der Waals surface area contributed by atoms with Crippen LogP contribution in [-0.4, -0.2) is 50.6 Å². The molecule has 3 aliphatic heterocycles. The Kier molecular flexibility index (Phi) is 6.21. The summed E-state index contributed by atoms with van der Waals surface area (Å²) in [6.07, 6.45) is -0.272. The van der Waals surface area contributed by atoms with E-state index in [-0.39, 0.29) is 24.2 Å². The van der Waals surface area contributed by atoms with Crippen molar-refractivity contribution in [3.05, 3.63) is 58.7 Å². The lowest BCUT2D eigenvalue weighted by Gasteiger charge is -2.46. The molecule has 1 fully saturated rings. The van der Waals surface area contributed by atoms with Gasteiger partial charge in [-0.2, -0.15) is 0 Å². The molecule has 1 saturated heterocycles. The second-order valence-electron chi connectivity index (χ2n) is 12.8. The molecule has 9 heteroatoms. The van der Waals surface area contributed by atoms with Gasteiger partial charge in [0, 0.05) is 35.1 Å². The number of aliphatic hydroxyl groups excluding tert-OH is 1. The number of guanidine groups is 1. The van der Waals surface area contributed by atoms with Gasteiger partial charge in [-0.05, 0) is 72.7 Å². The maximum absolute atomic E-state index is 13.6. The average Bonchev–Trinajstić information content (AvgIpc) is 2.80.